The molecule has 0 atom stereocenters. The number of hydrogen-bond acceptors (Lipinski definition) is 9. The fourth-order valence-corrected chi connectivity index (χ4v) is 3.46. The first-order valence-corrected chi connectivity index (χ1v) is 11.4. The van der Waals surface area contributed by atoms with Gasteiger partial charge in [0, 0.05) is 30.8 Å². The molecule has 0 radical (unpaired) electrons. The smallest absolute Gasteiger partial charge is 0.282 e. The van der Waals surface area contributed by atoms with Crippen LogP contribution < -0.4 is 10.6 Å². The van der Waals surface area contributed by atoms with Gasteiger partial charge in [-0.15, -0.1) is 0 Å². The highest BCUT2D eigenvalue weighted by Gasteiger charge is 2.20. The maximum Gasteiger partial charge on any atom is 0.282 e. The van der Waals surface area contributed by atoms with E-state index in [2.05, 4.69) is 25.7 Å². The molecular weight excluding hydrogens is 458 g/mol. The molecule has 1 amide bonds. The number of amides is 1. The van der Waals surface area contributed by atoms with Gasteiger partial charge in [-0.2, -0.15) is 5.10 Å². The second-order valence-electron chi connectivity index (χ2n) is 6.46. The average molecular weight is 480 g/mol. The van der Waals surface area contributed by atoms with Crippen LogP contribution in [0.15, 0.2) is 29.6 Å². The molecule has 2 aromatic heterocycles. The van der Waals surface area contributed by atoms with Crippen molar-refractivity contribution < 1.29 is 14.5 Å². The lowest BCUT2D eigenvalue weighted by atomic mass is 10.1. The third kappa shape index (κ3) is 5.64. The van der Waals surface area contributed by atoms with Gasteiger partial charge in [0.15, 0.2) is 10.8 Å². The molecule has 3 rings (SSSR count). The largest absolute Gasteiger partial charge is 0.380 e. The highest BCUT2D eigenvalue weighted by atomic mass is 35.5. The minimum absolute atomic E-state index is 0.0967. The molecule has 32 heavy (non-hydrogen) atoms. The summed E-state index contributed by atoms with van der Waals surface area (Å²) in [6, 6.07) is 3.85. The molecule has 0 unspecified atom stereocenters. The number of thioether (sulfide) groups is 1. The fraction of sp³-hybridized carbons (Fsp3) is 0.368. The molecule has 0 aliphatic heterocycles. The Balaban J connectivity index is 1.72. The monoisotopic (exact) mass is 479 g/mol. The Kier molecular flexibility index (Phi) is 8.20. The number of rotatable bonds is 11. The van der Waals surface area contributed by atoms with Crippen molar-refractivity contribution in [1.82, 2.24) is 25.1 Å². The molecule has 170 valence electrons. The second-order valence-corrected chi connectivity index (χ2v) is 7.67. The molecule has 0 aliphatic carbocycles. The molecule has 1 aromatic carbocycles. The number of benzene rings is 1. The number of aromatic nitrogens is 4. The number of hydrogen-bond donors (Lipinski definition) is 2. The molecular formula is C19H22ClN7O4S. The summed E-state index contributed by atoms with van der Waals surface area (Å²) in [5.74, 6) is 0.0669. The summed E-state index contributed by atoms with van der Waals surface area (Å²) in [4.78, 5) is 32.1. The van der Waals surface area contributed by atoms with Crippen molar-refractivity contribution in [3.05, 3.63) is 45.1 Å². The third-order valence-corrected chi connectivity index (χ3v) is 5.19. The lowest BCUT2D eigenvalue weighted by Crippen LogP contribution is -2.28. The Morgan fingerprint density at radius 1 is 1.34 bits per heavy atom. The van der Waals surface area contributed by atoms with Crippen molar-refractivity contribution in [3.63, 3.8) is 0 Å². The van der Waals surface area contributed by atoms with E-state index >= 15 is 0 Å². The van der Waals surface area contributed by atoms with E-state index in [-0.39, 0.29) is 22.8 Å². The second kappa shape index (κ2) is 11.1. The zero-order chi connectivity index (χ0) is 23.1. The van der Waals surface area contributed by atoms with Gasteiger partial charge in [-0.05, 0) is 25.3 Å². The van der Waals surface area contributed by atoms with E-state index in [4.69, 9.17) is 16.3 Å². The molecule has 0 saturated heterocycles. The van der Waals surface area contributed by atoms with Gasteiger partial charge in [-0.1, -0.05) is 23.4 Å². The molecule has 11 nitrogen and oxygen atoms in total. The Hall–Kier alpha value is -2.96. The predicted molar refractivity (Wildman–Crippen MR) is 123 cm³/mol. The van der Waals surface area contributed by atoms with Crippen LogP contribution in [-0.2, 0) is 11.3 Å². The first-order valence-electron chi connectivity index (χ1n) is 9.75. The molecule has 0 spiro atoms. The minimum atomic E-state index is -0.618. The van der Waals surface area contributed by atoms with Crippen molar-refractivity contribution in [3.8, 4) is 0 Å². The third-order valence-electron chi connectivity index (χ3n) is 4.41. The number of anilines is 1. The number of halogens is 1. The van der Waals surface area contributed by atoms with E-state index in [1.54, 1.807) is 10.9 Å². The van der Waals surface area contributed by atoms with E-state index in [0.29, 0.717) is 42.9 Å². The first kappa shape index (κ1) is 23.7. The van der Waals surface area contributed by atoms with Crippen LogP contribution >= 0.6 is 23.4 Å². The fourth-order valence-electron chi connectivity index (χ4n) is 2.93. The van der Waals surface area contributed by atoms with Gasteiger partial charge >= 0.3 is 0 Å². The lowest BCUT2D eigenvalue weighted by Gasteiger charge is -2.09. The van der Waals surface area contributed by atoms with Crippen LogP contribution in [0.25, 0.3) is 11.0 Å². The molecule has 3 aromatic rings. The Bertz CT molecular complexity index is 1120. The zero-order valence-electron chi connectivity index (χ0n) is 17.5. The summed E-state index contributed by atoms with van der Waals surface area (Å²) in [5.41, 5.74) is 0.211. The molecule has 2 N–H and O–H groups in total. The zero-order valence-corrected chi connectivity index (χ0v) is 19.1. The van der Waals surface area contributed by atoms with Crippen molar-refractivity contribution in [1.29, 1.82) is 0 Å². The topological polar surface area (TPSA) is 137 Å². The summed E-state index contributed by atoms with van der Waals surface area (Å²) >= 11 is 7.30. The van der Waals surface area contributed by atoms with Crippen LogP contribution in [0.5, 0.6) is 0 Å². The summed E-state index contributed by atoms with van der Waals surface area (Å²) in [6.07, 6.45) is 3.54. The highest BCUT2D eigenvalue weighted by molar-refractivity contribution is 7.98. The predicted octanol–water partition coefficient (Wildman–Crippen LogP) is 2.99. The first-order chi connectivity index (χ1) is 15.4. The standard InChI is InChI=1S/C19H22ClN7O4S/c1-3-31-9-7-21-16-14-11-23-26(17(14)25-19(24-16)32-2)8-6-22-18(28)13-10-12(20)4-5-15(13)27(29)30/h4-5,10-11H,3,6-9H2,1-2H3,(H,22,28)(H,21,24,25). The van der Waals surface area contributed by atoms with E-state index < -0.39 is 10.8 Å². The normalized spacial score (nSPS) is 11.0. The van der Waals surface area contributed by atoms with Gasteiger partial charge in [0.2, 0.25) is 0 Å². The number of nitrogens with zero attached hydrogens (tertiary/aromatic N) is 5. The lowest BCUT2D eigenvalue weighted by molar-refractivity contribution is -0.385. The van der Waals surface area contributed by atoms with Gasteiger partial charge in [0.05, 0.1) is 29.7 Å². The van der Waals surface area contributed by atoms with Crippen molar-refractivity contribution in [2.45, 2.75) is 18.6 Å². The van der Waals surface area contributed by atoms with Crippen LogP contribution in [0.1, 0.15) is 17.3 Å². The van der Waals surface area contributed by atoms with Crippen molar-refractivity contribution in [2.75, 3.05) is 37.9 Å². The van der Waals surface area contributed by atoms with Crippen LogP contribution in [0.3, 0.4) is 0 Å². The Labute approximate surface area is 193 Å². The van der Waals surface area contributed by atoms with Gasteiger partial charge < -0.3 is 15.4 Å². The van der Waals surface area contributed by atoms with Crippen LogP contribution in [0.2, 0.25) is 5.02 Å². The quantitative estimate of drug-likeness (QED) is 0.140. The molecule has 0 saturated carbocycles. The van der Waals surface area contributed by atoms with E-state index in [9.17, 15) is 14.9 Å². The Morgan fingerprint density at radius 3 is 2.88 bits per heavy atom. The maximum atomic E-state index is 12.5. The molecule has 2 heterocycles. The summed E-state index contributed by atoms with van der Waals surface area (Å²) in [6.45, 7) is 4.21. The van der Waals surface area contributed by atoms with Gasteiger partial charge in [-0.25, -0.2) is 14.6 Å². The van der Waals surface area contributed by atoms with Crippen molar-refractivity contribution >= 4 is 51.8 Å². The SMILES string of the molecule is CCOCCNc1nc(SC)nc2c1cnn2CCNC(=O)c1cc(Cl)ccc1[N+](=O)[O-]. The van der Waals surface area contributed by atoms with Gasteiger partial charge in [0.25, 0.3) is 11.6 Å². The van der Waals surface area contributed by atoms with Crippen LogP contribution in [-0.4, -0.2) is 63.1 Å². The number of fused-ring (bicyclic) bond motifs is 1. The average Bonchev–Trinajstić information content (AvgIpc) is 3.19. The molecule has 13 heteroatoms. The summed E-state index contributed by atoms with van der Waals surface area (Å²) in [7, 11) is 0. The number of nitro benzene ring substituents is 1. The minimum Gasteiger partial charge on any atom is -0.380 e. The number of carbonyl (C=O) groups excluding carboxylic acids is 1. The van der Waals surface area contributed by atoms with E-state index in [0.717, 1.165) is 5.39 Å². The van der Waals surface area contributed by atoms with E-state index in [1.807, 2.05) is 13.2 Å². The molecule has 0 fully saturated rings. The number of ether oxygens (including phenoxy) is 1. The highest BCUT2D eigenvalue weighted by Crippen LogP contribution is 2.24. The number of nitrogens with one attached hydrogen (secondary N) is 2. The molecule has 0 aliphatic rings. The van der Waals surface area contributed by atoms with E-state index in [1.165, 1.54) is 30.0 Å². The maximum absolute atomic E-state index is 12.5. The Morgan fingerprint density at radius 2 is 2.16 bits per heavy atom. The summed E-state index contributed by atoms with van der Waals surface area (Å²) < 4.78 is 7.00. The number of carbonyl (C=O) groups is 1. The van der Waals surface area contributed by atoms with Crippen molar-refractivity contribution in [2.24, 2.45) is 0 Å². The summed E-state index contributed by atoms with van der Waals surface area (Å²) in [5, 5.41) is 23.0. The molecule has 0 bridgehead atoms. The number of nitro groups is 1. The van der Waals surface area contributed by atoms with Gasteiger partial charge in [0.1, 0.15) is 11.4 Å². The van der Waals surface area contributed by atoms with Crippen LogP contribution in [0.4, 0.5) is 11.5 Å². The van der Waals surface area contributed by atoms with Crippen LogP contribution in [0, 0.1) is 10.1 Å². The van der Waals surface area contributed by atoms with Gasteiger partial charge in [-0.3, -0.25) is 14.9 Å².